The lowest BCUT2D eigenvalue weighted by molar-refractivity contribution is 0.156. The second-order valence-corrected chi connectivity index (χ2v) is 5.49. The van der Waals surface area contributed by atoms with Gasteiger partial charge in [-0.25, -0.2) is 0 Å². The fraction of sp³-hybridized carbons (Fsp3) is 1.00. The van der Waals surface area contributed by atoms with Crippen LogP contribution in [-0.4, -0.2) is 56.6 Å². The van der Waals surface area contributed by atoms with E-state index in [9.17, 15) is 0 Å². The highest BCUT2D eigenvalue weighted by Gasteiger charge is 2.25. The lowest BCUT2D eigenvalue weighted by atomic mass is 9.94. The minimum atomic E-state index is 0.715. The predicted octanol–water partition coefficient (Wildman–Crippen LogP) is 1.39. The van der Waals surface area contributed by atoms with Crippen LogP contribution in [0, 0.1) is 5.92 Å². The van der Waals surface area contributed by atoms with Gasteiger partial charge < -0.3 is 15.5 Å². The highest BCUT2D eigenvalue weighted by atomic mass is 15.2. The second kappa shape index (κ2) is 7.25. The maximum absolute atomic E-state index is 5.92. The van der Waals surface area contributed by atoms with Gasteiger partial charge in [-0.05, 0) is 46.4 Å². The van der Waals surface area contributed by atoms with Crippen molar-refractivity contribution < 1.29 is 0 Å². The SMILES string of the molecule is CN(C)CCN(C)C1CCCCCC1CN. The third-order valence-corrected chi connectivity index (χ3v) is 3.89. The van der Waals surface area contributed by atoms with Gasteiger partial charge in [-0.15, -0.1) is 0 Å². The molecule has 0 heterocycles. The van der Waals surface area contributed by atoms with E-state index in [2.05, 4.69) is 30.9 Å². The van der Waals surface area contributed by atoms with E-state index in [0.29, 0.717) is 6.04 Å². The minimum Gasteiger partial charge on any atom is -0.330 e. The summed E-state index contributed by atoms with van der Waals surface area (Å²) in [4.78, 5) is 4.79. The maximum Gasteiger partial charge on any atom is 0.0133 e. The number of hydrogen-bond donors (Lipinski definition) is 1. The molecule has 16 heavy (non-hydrogen) atoms. The largest absolute Gasteiger partial charge is 0.330 e. The van der Waals surface area contributed by atoms with Crippen molar-refractivity contribution in [2.24, 2.45) is 11.7 Å². The van der Waals surface area contributed by atoms with Crippen molar-refractivity contribution in [3.8, 4) is 0 Å². The number of nitrogens with two attached hydrogens (primary N) is 1. The van der Waals surface area contributed by atoms with Gasteiger partial charge in [0.2, 0.25) is 0 Å². The Hall–Kier alpha value is -0.120. The molecule has 96 valence electrons. The van der Waals surface area contributed by atoms with E-state index < -0.39 is 0 Å². The molecule has 3 nitrogen and oxygen atoms in total. The molecule has 0 aromatic rings. The molecule has 1 aliphatic rings. The van der Waals surface area contributed by atoms with Crippen LogP contribution in [0.4, 0.5) is 0 Å². The molecule has 1 rings (SSSR count). The summed E-state index contributed by atoms with van der Waals surface area (Å²) in [5, 5.41) is 0. The van der Waals surface area contributed by atoms with Crippen LogP contribution in [-0.2, 0) is 0 Å². The van der Waals surface area contributed by atoms with Gasteiger partial charge in [0.05, 0.1) is 0 Å². The minimum absolute atomic E-state index is 0.715. The monoisotopic (exact) mass is 227 g/mol. The smallest absolute Gasteiger partial charge is 0.0133 e. The summed E-state index contributed by atoms with van der Waals surface area (Å²) < 4.78 is 0. The standard InChI is InChI=1S/C13H29N3/c1-15(2)9-10-16(3)13-8-6-4-5-7-12(13)11-14/h12-13H,4-11,14H2,1-3H3. The molecule has 2 unspecified atom stereocenters. The van der Waals surface area contributed by atoms with E-state index in [-0.39, 0.29) is 0 Å². The summed E-state index contributed by atoms with van der Waals surface area (Å²) in [5.74, 6) is 0.717. The van der Waals surface area contributed by atoms with E-state index in [1.807, 2.05) is 0 Å². The van der Waals surface area contributed by atoms with Crippen molar-refractivity contribution in [3.05, 3.63) is 0 Å². The molecule has 0 aromatic heterocycles. The van der Waals surface area contributed by atoms with Gasteiger partial charge in [0, 0.05) is 19.1 Å². The van der Waals surface area contributed by atoms with Crippen molar-refractivity contribution in [2.45, 2.75) is 38.1 Å². The Bertz CT molecular complexity index is 182. The van der Waals surface area contributed by atoms with Crippen molar-refractivity contribution in [1.82, 2.24) is 9.80 Å². The highest BCUT2D eigenvalue weighted by molar-refractivity contribution is 4.81. The fourth-order valence-corrected chi connectivity index (χ4v) is 2.74. The van der Waals surface area contributed by atoms with Crippen LogP contribution in [0.25, 0.3) is 0 Å². The van der Waals surface area contributed by atoms with Crippen LogP contribution in [0.5, 0.6) is 0 Å². The molecule has 0 aromatic carbocycles. The van der Waals surface area contributed by atoms with E-state index in [0.717, 1.165) is 25.6 Å². The molecule has 1 aliphatic carbocycles. The first-order valence-corrected chi connectivity index (χ1v) is 6.70. The molecule has 2 N–H and O–H groups in total. The first kappa shape index (κ1) is 13.9. The summed E-state index contributed by atoms with van der Waals surface area (Å²) in [6.07, 6.45) is 6.82. The molecular formula is C13H29N3. The van der Waals surface area contributed by atoms with Gasteiger partial charge in [-0.3, -0.25) is 0 Å². The highest BCUT2D eigenvalue weighted by Crippen LogP contribution is 2.25. The van der Waals surface area contributed by atoms with Gasteiger partial charge in [0.25, 0.3) is 0 Å². The molecule has 0 radical (unpaired) electrons. The summed E-state index contributed by atoms with van der Waals surface area (Å²) >= 11 is 0. The molecule has 0 amide bonds. The maximum atomic E-state index is 5.92. The van der Waals surface area contributed by atoms with E-state index in [1.165, 1.54) is 32.1 Å². The molecule has 0 aliphatic heterocycles. The Morgan fingerprint density at radius 1 is 1.00 bits per heavy atom. The zero-order valence-corrected chi connectivity index (χ0v) is 11.3. The number of rotatable bonds is 5. The quantitative estimate of drug-likeness (QED) is 0.720. The number of nitrogens with zero attached hydrogens (tertiary/aromatic N) is 2. The third-order valence-electron chi connectivity index (χ3n) is 3.89. The van der Waals surface area contributed by atoms with Crippen molar-refractivity contribution in [3.63, 3.8) is 0 Å². The lowest BCUT2D eigenvalue weighted by Gasteiger charge is -2.33. The summed E-state index contributed by atoms with van der Waals surface area (Å²) in [6, 6.07) is 0.715. The molecule has 1 fully saturated rings. The van der Waals surface area contributed by atoms with Crippen LogP contribution < -0.4 is 5.73 Å². The van der Waals surface area contributed by atoms with E-state index in [4.69, 9.17) is 5.73 Å². The van der Waals surface area contributed by atoms with Gasteiger partial charge in [0.1, 0.15) is 0 Å². The van der Waals surface area contributed by atoms with Gasteiger partial charge in [-0.2, -0.15) is 0 Å². The Kier molecular flexibility index (Phi) is 6.32. The first-order chi connectivity index (χ1) is 7.65. The Balaban J connectivity index is 2.45. The van der Waals surface area contributed by atoms with Crippen LogP contribution in [0.2, 0.25) is 0 Å². The summed E-state index contributed by atoms with van der Waals surface area (Å²) in [6.45, 7) is 3.16. The zero-order valence-electron chi connectivity index (χ0n) is 11.3. The number of likely N-dealkylation sites (N-methyl/N-ethyl adjacent to an activating group) is 2. The summed E-state index contributed by atoms with van der Waals surface area (Å²) in [5.41, 5.74) is 5.92. The summed E-state index contributed by atoms with van der Waals surface area (Å²) in [7, 11) is 6.55. The van der Waals surface area contributed by atoms with Gasteiger partial charge >= 0.3 is 0 Å². The lowest BCUT2D eigenvalue weighted by Crippen LogP contribution is -2.43. The molecule has 0 saturated heterocycles. The molecule has 3 heteroatoms. The normalized spacial score (nSPS) is 27.4. The Morgan fingerprint density at radius 3 is 2.31 bits per heavy atom. The van der Waals surface area contributed by atoms with Gasteiger partial charge in [0.15, 0.2) is 0 Å². The van der Waals surface area contributed by atoms with Crippen molar-refractivity contribution in [2.75, 3.05) is 40.8 Å². The van der Waals surface area contributed by atoms with Crippen molar-refractivity contribution in [1.29, 1.82) is 0 Å². The average molecular weight is 227 g/mol. The second-order valence-electron chi connectivity index (χ2n) is 5.49. The Morgan fingerprint density at radius 2 is 1.69 bits per heavy atom. The van der Waals surface area contributed by atoms with E-state index >= 15 is 0 Å². The average Bonchev–Trinajstić information content (AvgIpc) is 2.50. The van der Waals surface area contributed by atoms with Gasteiger partial charge in [-0.1, -0.05) is 19.3 Å². The number of hydrogen-bond acceptors (Lipinski definition) is 3. The molecule has 0 bridgehead atoms. The van der Waals surface area contributed by atoms with Crippen LogP contribution in [0.1, 0.15) is 32.1 Å². The third kappa shape index (κ3) is 4.40. The first-order valence-electron chi connectivity index (χ1n) is 6.70. The fourth-order valence-electron chi connectivity index (χ4n) is 2.74. The predicted molar refractivity (Wildman–Crippen MR) is 70.6 cm³/mol. The van der Waals surface area contributed by atoms with Crippen LogP contribution >= 0.6 is 0 Å². The topological polar surface area (TPSA) is 32.5 Å². The molecular weight excluding hydrogens is 198 g/mol. The zero-order chi connectivity index (χ0) is 12.0. The molecule has 0 spiro atoms. The van der Waals surface area contributed by atoms with Crippen LogP contribution in [0.15, 0.2) is 0 Å². The van der Waals surface area contributed by atoms with Crippen molar-refractivity contribution >= 4 is 0 Å². The molecule has 1 saturated carbocycles. The Labute approximate surface area is 101 Å². The van der Waals surface area contributed by atoms with E-state index in [1.54, 1.807) is 0 Å². The van der Waals surface area contributed by atoms with Crippen LogP contribution in [0.3, 0.4) is 0 Å². The molecule has 2 atom stereocenters.